The highest BCUT2D eigenvalue weighted by molar-refractivity contribution is 8.13. The molecule has 2 nitrogen and oxygen atoms in total. The molecule has 1 aromatic carbocycles. The summed E-state index contributed by atoms with van der Waals surface area (Å²) in [7, 11) is 0. The molecule has 1 rings (SSSR count). The summed E-state index contributed by atoms with van der Waals surface area (Å²) in [6, 6.07) is 7.67. The van der Waals surface area contributed by atoms with E-state index in [4.69, 9.17) is 20.9 Å². The molecule has 0 unspecified atom stereocenters. The summed E-state index contributed by atoms with van der Waals surface area (Å²) in [5.41, 5.74) is 0. The van der Waals surface area contributed by atoms with Crippen molar-refractivity contribution in [1.82, 2.24) is 0 Å². The minimum absolute atomic E-state index is 0.555. The molecule has 0 radical (unpaired) electrons. The van der Waals surface area contributed by atoms with Gasteiger partial charge in [-0.3, -0.25) is 0 Å². The molecule has 0 aliphatic rings. The number of benzene rings is 1. The fraction of sp³-hybridized carbons (Fsp3) is 0.400. The SMILES string of the molecule is CCOP(=S)(OCC)c1ccccc1S. The third kappa shape index (κ3) is 3.30. The van der Waals surface area contributed by atoms with Crippen LogP contribution in [-0.2, 0) is 20.9 Å². The molecule has 1 aromatic rings. The van der Waals surface area contributed by atoms with Crippen molar-refractivity contribution in [1.29, 1.82) is 0 Å². The average Bonchev–Trinajstić information content (AvgIpc) is 2.19. The molecular weight excluding hydrogens is 247 g/mol. The molecule has 5 heteroatoms. The van der Waals surface area contributed by atoms with Gasteiger partial charge in [0.2, 0.25) is 6.49 Å². The zero-order valence-corrected chi connectivity index (χ0v) is 11.4. The standard InChI is InChI=1S/C10H15O2PS2/c1-3-11-13(15,12-4-2)9-7-5-6-8-10(9)14/h5-8,14H,3-4H2,1-2H3. The molecule has 0 spiro atoms. The van der Waals surface area contributed by atoms with Crippen molar-refractivity contribution in [3.63, 3.8) is 0 Å². The molecule has 0 amide bonds. The van der Waals surface area contributed by atoms with Crippen LogP contribution in [0.25, 0.3) is 0 Å². The van der Waals surface area contributed by atoms with E-state index < -0.39 is 6.49 Å². The van der Waals surface area contributed by atoms with Gasteiger partial charge in [0.25, 0.3) is 0 Å². The van der Waals surface area contributed by atoms with Crippen LogP contribution >= 0.6 is 19.1 Å². The first kappa shape index (κ1) is 13.2. The van der Waals surface area contributed by atoms with Crippen molar-refractivity contribution in [2.24, 2.45) is 0 Å². The number of hydrogen-bond acceptors (Lipinski definition) is 4. The third-order valence-corrected chi connectivity index (χ3v) is 5.74. The normalized spacial score (nSPS) is 11.7. The molecule has 0 N–H and O–H groups in total. The summed E-state index contributed by atoms with van der Waals surface area (Å²) in [5.74, 6) is 0. The maximum atomic E-state index is 5.59. The smallest absolute Gasteiger partial charge is 0.220 e. The summed E-state index contributed by atoms with van der Waals surface area (Å²) in [4.78, 5) is 0.836. The lowest BCUT2D eigenvalue weighted by molar-refractivity contribution is 0.274. The van der Waals surface area contributed by atoms with E-state index in [0.29, 0.717) is 13.2 Å². The Labute approximate surface area is 102 Å². The lowest BCUT2D eigenvalue weighted by atomic mass is 10.4. The minimum Gasteiger partial charge on any atom is -0.326 e. The number of thiol groups is 1. The molecular formula is C10H15O2PS2. The maximum Gasteiger partial charge on any atom is 0.220 e. The Hall–Kier alpha value is 0.140. The lowest BCUT2D eigenvalue weighted by Gasteiger charge is -2.22. The van der Waals surface area contributed by atoms with E-state index in [1.165, 1.54) is 0 Å². The zero-order chi connectivity index (χ0) is 11.3. The summed E-state index contributed by atoms with van der Waals surface area (Å²) < 4.78 is 11.2. The molecule has 0 aliphatic carbocycles. The predicted molar refractivity (Wildman–Crippen MR) is 70.9 cm³/mol. The summed E-state index contributed by atoms with van der Waals surface area (Å²) >= 11 is 9.85. The molecule has 0 aromatic heterocycles. The van der Waals surface area contributed by atoms with Gasteiger partial charge in [0, 0.05) is 10.2 Å². The van der Waals surface area contributed by atoms with Crippen LogP contribution < -0.4 is 5.30 Å². The van der Waals surface area contributed by atoms with Gasteiger partial charge in [-0.05, 0) is 37.8 Å². The first-order valence-corrected chi connectivity index (χ1v) is 7.90. The average molecular weight is 262 g/mol. The molecule has 0 bridgehead atoms. The quantitative estimate of drug-likeness (QED) is 0.650. The second-order valence-electron chi connectivity index (χ2n) is 2.82. The minimum atomic E-state index is -2.35. The van der Waals surface area contributed by atoms with Gasteiger partial charge in [-0.25, -0.2) is 0 Å². The van der Waals surface area contributed by atoms with Gasteiger partial charge in [0.15, 0.2) is 0 Å². The van der Waals surface area contributed by atoms with Crippen LogP contribution in [0.3, 0.4) is 0 Å². The number of hydrogen-bond donors (Lipinski definition) is 1. The fourth-order valence-electron chi connectivity index (χ4n) is 1.21. The highest BCUT2D eigenvalue weighted by Crippen LogP contribution is 2.48. The zero-order valence-electron chi connectivity index (χ0n) is 8.84. The van der Waals surface area contributed by atoms with Gasteiger partial charge in [0.1, 0.15) is 0 Å². The van der Waals surface area contributed by atoms with E-state index in [-0.39, 0.29) is 0 Å². The van der Waals surface area contributed by atoms with E-state index in [9.17, 15) is 0 Å². The van der Waals surface area contributed by atoms with Crippen molar-refractivity contribution in [2.75, 3.05) is 13.2 Å². The van der Waals surface area contributed by atoms with Gasteiger partial charge < -0.3 is 9.05 Å². The highest BCUT2D eigenvalue weighted by atomic mass is 32.5. The van der Waals surface area contributed by atoms with Gasteiger partial charge >= 0.3 is 0 Å². The summed E-state index contributed by atoms with van der Waals surface area (Å²) in [6.07, 6.45) is 0. The molecule has 0 saturated heterocycles. The van der Waals surface area contributed by atoms with Crippen LogP contribution in [0, 0.1) is 0 Å². The van der Waals surface area contributed by atoms with Crippen LogP contribution in [0.5, 0.6) is 0 Å². The Morgan fingerprint density at radius 2 is 1.73 bits per heavy atom. The van der Waals surface area contributed by atoms with Crippen molar-refractivity contribution in [3.8, 4) is 0 Å². The first-order chi connectivity index (χ1) is 7.14. The largest absolute Gasteiger partial charge is 0.326 e. The monoisotopic (exact) mass is 262 g/mol. The Morgan fingerprint density at radius 3 is 2.20 bits per heavy atom. The third-order valence-electron chi connectivity index (χ3n) is 1.77. The van der Waals surface area contributed by atoms with Gasteiger partial charge in [-0.1, -0.05) is 12.1 Å². The van der Waals surface area contributed by atoms with Crippen LogP contribution in [0.1, 0.15) is 13.8 Å². The van der Waals surface area contributed by atoms with Crippen LogP contribution in [0.2, 0.25) is 0 Å². The van der Waals surface area contributed by atoms with Crippen molar-refractivity contribution < 1.29 is 9.05 Å². The molecule has 0 atom stereocenters. The summed E-state index contributed by atoms with van der Waals surface area (Å²) in [5, 5.41) is 0.895. The van der Waals surface area contributed by atoms with Crippen molar-refractivity contribution in [2.45, 2.75) is 18.7 Å². The van der Waals surface area contributed by atoms with Gasteiger partial charge in [-0.15, -0.1) is 12.6 Å². The lowest BCUT2D eigenvalue weighted by Crippen LogP contribution is -2.11. The Morgan fingerprint density at radius 1 is 1.20 bits per heavy atom. The molecule has 0 heterocycles. The second kappa shape index (κ2) is 6.02. The van der Waals surface area contributed by atoms with Crippen molar-refractivity contribution >= 4 is 36.2 Å². The second-order valence-corrected chi connectivity index (χ2v) is 6.74. The van der Waals surface area contributed by atoms with Crippen molar-refractivity contribution in [3.05, 3.63) is 24.3 Å². The van der Waals surface area contributed by atoms with E-state index >= 15 is 0 Å². The number of rotatable bonds is 5. The maximum absolute atomic E-state index is 5.59. The topological polar surface area (TPSA) is 18.5 Å². The highest BCUT2D eigenvalue weighted by Gasteiger charge is 2.22. The molecule has 0 fully saturated rings. The Bertz CT molecular complexity index is 358. The van der Waals surface area contributed by atoms with Gasteiger partial charge in [0.05, 0.1) is 13.2 Å². The van der Waals surface area contributed by atoms with Crippen LogP contribution in [0.15, 0.2) is 29.2 Å². The predicted octanol–water partition coefficient (Wildman–Crippen LogP) is 2.98. The molecule has 15 heavy (non-hydrogen) atoms. The van der Waals surface area contributed by atoms with E-state index in [2.05, 4.69) is 12.6 Å². The molecule has 84 valence electrons. The van der Waals surface area contributed by atoms with Crippen LogP contribution in [-0.4, -0.2) is 13.2 Å². The Kier molecular flexibility index (Phi) is 5.30. The van der Waals surface area contributed by atoms with E-state index in [0.717, 1.165) is 10.2 Å². The van der Waals surface area contributed by atoms with Gasteiger partial charge in [-0.2, -0.15) is 0 Å². The van der Waals surface area contributed by atoms with E-state index in [1.807, 2.05) is 38.1 Å². The first-order valence-electron chi connectivity index (χ1n) is 4.81. The molecule has 0 saturated carbocycles. The molecule has 0 aliphatic heterocycles. The van der Waals surface area contributed by atoms with Crippen LogP contribution in [0.4, 0.5) is 0 Å². The van der Waals surface area contributed by atoms with E-state index in [1.54, 1.807) is 0 Å². The summed E-state index contributed by atoms with van der Waals surface area (Å²) in [6.45, 7) is 2.59. The fourth-order valence-corrected chi connectivity index (χ4v) is 4.74. The Balaban J connectivity index is 3.09.